The predicted octanol–water partition coefficient (Wildman–Crippen LogP) is 2.27. The molecule has 1 heterocycles. The second-order valence-corrected chi connectivity index (χ2v) is 4.78. The van der Waals surface area contributed by atoms with Crippen LogP contribution in [0, 0.1) is 13.8 Å². The monoisotopic (exact) mass is 268 g/mol. The van der Waals surface area contributed by atoms with Crippen LogP contribution in [-0.4, -0.2) is 38.0 Å². The first-order chi connectivity index (χ1) is 9.20. The van der Waals surface area contributed by atoms with Gasteiger partial charge < -0.3 is 19.4 Å². The first-order valence-electron chi connectivity index (χ1n) is 7.13. The van der Waals surface area contributed by atoms with Crippen LogP contribution >= 0.6 is 0 Å². The van der Waals surface area contributed by atoms with Gasteiger partial charge in [0.15, 0.2) is 0 Å². The predicted molar refractivity (Wildman–Crippen MR) is 78.6 cm³/mol. The van der Waals surface area contributed by atoms with E-state index in [9.17, 15) is 0 Å². The van der Waals surface area contributed by atoms with E-state index in [0.29, 0.717) is 13.2 Å². The van der Waals surface area contributed by atoms with Crippen LogP contribution in [0.1, 0.15) is 30.3 Å². The molecule has 19 heavy (non-hydrogen) atoms. The van der Waals surface area contributed by atoms with Crippen molar-refractivity contribution in [2.75, 3.05) is 33.5 Å². The molecule has 0 aliphatic carbocycles. The molecule has 0 spiro atoms. The average molecular weight is 268 g/mol. The summed E-state index contributed by atoms with van der Waals surface area (Å²) < 4.78 is 12.7. The largest absolute Gasteiger partial charge is 0.382 e. The van der Waals surface area contributed by atoms with Crippen LogP contribution in [0.2, 0.25) is 0 Å². The fourth-order valence-electron chi connectivity index (χ4n) is 2.30. The van der Waals surface area contributed by atoms with Gasteiger partial charge in [-0.15, -0.1) is 0 Å². The number of hydrogen-bond acceptors (Lipinski definition) is 3. The highest BCUT2D eigenvalue weighted by Gasteiger charge is 2.06. The Hall–Kier alpha value is -0.840. The van der Waals surface area contributed by atoms with E-state index >= 15 is 0 Å². The van der Waals surface area contributed by atoms with Crippen LogP contribution in [0.3, 0.4) is 0 Å². The molecule has 0 fully saturated rings. The molecule has 0 aromatic carbocycles. The van der Waals surface area contributed by atoms with Gasteiger partial charge in [-0.2, -0.15) is 0 Å². The van der Waals surface area contributed by atoms with Crippen molar-refractivity contribution in [2.45, 2.75) is 40.3 Å². The SMILES string of the molecule is CCn1c(C)cc(CNCCCOCCOC)c1C. The molecule has 110 valence electrons. The van der Waals surface area contributed by atoms with Gasteiger partial charge in [0.25, 0.3) is 0 Å². The van der Waals surface area contributed by atoms with E-state index in [1.54, 1.807) is 7.11 Å². The van der Waals surface area contributed by atoms with Gasteiger partial charge in [-0.25, -0.2) is 0 Å². The second kappa shape index (κ2) is 9.13. The zero-order valence-corrected chi connectivity index (χ0v) is 12.8. The molecule has 4 nitrogen and oxygen atoms in total. The summed E-state index contributed by atoms with van der Waals surface area (Å²) in [6.45, 7) is 11.7. The molecule has 0 aliphatic heterocycles. The third-order valence-electron chi connectivity index (χ3n) is 3.38. The van der Waals surface area contributed by atoms with Crippen LogP contribution in [0.4, 0.5) is 0 Å². The van der Waals surface area contributed by atoms with Gasteiger partial charge >= 0.3 is 0 Å². The Morgan fingerprint density at radius 3 is 2.63 bits per heavy atom. The highest BCUT2D eigenvalue weighted by molar-refractivity contribution is 5.26. The summed E-state index contributed by atoms with van der Waals surface area (Å²) in [5, 5.41) is 3.47. The van der Waals surface area contributed by atoms with Crippen LogP contribution < -0.4 is 5.32 Å². The number of methoxy groups -OCH3 is 1. The molecule has 0 amide bonds. The maximum atomic E-state index is 5.42. The third kappa shape index (κ3) is 5.35. The Balaban J connectivity index is 2.16. The molecule has 0 saturated heterocycles. The molecule has 1 aromatic rings. The van der Waals surface area contributed by atoms with Crippen LogP contribution in [0.25, 0.3) is 0 Å². The van der Waals surface area contributed by atoms with Crippen molar-refractivity contribution in [1.29, 1.82) is 0 Å². The van der Waals surface area contributed by atoms with E-state index in [1.807, 2.05) is 0 Å². The Morgan fingerprint density at radius 2 is 2.00 bits per heavy atom. The molecule has 0 radical (unpaired) electrons. The van der Waals surface area contributed by atoms with Gasteiger partial charge in [0.05, 0.1) is 13.2 Å². The van der Waals surface area contributed by atoms with Crippen molar-refractivity contribution >= 4 is 0 Å². The van der Waals surface area contributed by atoms with Crippen molar-refractivity contribution in [2.24, 2.45) is 0 Å². The lowest BCUT2D eigenvalue weighted by Gasteiger charge is -2.07. The van der Waals surface area contributed by atoms with E-state index in [4.69, 9.17) is 9.47 Å². The zero-order valence-electron chi connectivity index (χ0n) is 12.8. The molecule has 0 unspecified atom stereocenters. The van der Waals surface area contributed by atoms with Crippen molar-refractivity contribution in [3.05, 3.63) is 23.0 Å². The number of aromatic nitrogens is 1. The molecule has 1 rings (SSSR count). The third-order valence-corrected chi connectivity index (χ3v) is 3.38. The summed E-state index contributed by atoms with van der Waals surface area (Å²) >= 11 is 0. The van der Waals surface area contributed by atoms with E-state index in [0.717, 1.165) is 32.7 Å². The molecule has 0 saturated carbocycles. The highest BCUT2D eigenvalue weighted by atomic mass is 16.5. The minimum Gasteiger partial charge on any atom is -0.382 e. The first-order valence-corrected chi connectivity index (χ1v) is 7.13. The summed E-state index contributed by atoms with van der Waals surface area (Å²) in [5.41, 5.74) is 4.13. The Bertz CT molecular complexity index is 361. The van der Waals surface area contributed by atoms with Gasteiger partial charge in [-0.05, 0) is 45.4 Å². The normalized spacial score (nSPS) is 11.2. The topological polar surface area (TPSA) is 35.4 Å². The van der Waals surface area contributed by atoms with E-state index < -0.39 is 0 Å². The summed E-state index contributed by atoms with van der Waals surface area (Å²) in [5.74, 6) is 0. The second-order valence-electron chi connectivity index (χ2n) is 4.78. The van der Waals surface area contributed by atoms with Crippen molar-refractivity contribution in [1.82, 2.24) is 9.88 Å². The van der Waals surface area contributed by atoms with Crippen LogP contribution in [0.15, 0.2) is 6.07 Å². The Kier molecular flexibility index (Phi) is 7.79. The highest BCUT2D eigenvalue weighted by Crippen LogP contribution is 2.14. The number of aryl methyl sites for hydroxylation is 1. The van der Waals surface area contributed by atoms with Crippen molar-refractivity contribution < 1.29 is 9.47 Å². The lowest BCUT2D eigenvalue weighted by molar-refractivity contribution is 0.0695. The molecular formula is C15H28N2O2. The van der Waals surface area contributed by atoms with E-state index in [-0.39, 0.29) is 0 Å². The number of nitrogens with zero attached hydrogens (tertiary/aromatic N) is 1. The van der Waals surface area contributed by atoms with Crippen LogP contribution in [-0.2, 0) is 22.6 Å². The molecule has 1 aromatic heterocycles. The van der Waals surface area contributed by atoms with E-state index in [2.05, 4.69) is 36.7 Å². The van der Waals surface area contributed by atoms with Gasteiger partial charge in [-0.1, -0.05) is 0 Å². The number of ether oxygens (including phenoxy) is 2. The van der Waals surface area contributed by atoms with Gasteiger partial charge in [-0.3, -0.25) is 0 Å². The Morgan fingerprint density at radius 1 is 1.21 bits per heavy atom. The summed E-state index contributed by atoms with van der Waals surface area (Å²) in [6, 6.07) is 2.28. The number of hydrogen-bond donors (Lipinski definition) is 1. The molecule has 1 N–H and O–H groups in total. The summed E-state index contributed by atoms with van der Waals surface area (Å²) in [6.07, 6.45) is 1.04. The number of nitrogens with one attached hydrogen (secondary N) is 1. The fourth-order valence-corrected chi connectivity index (χ4v) is 2.30. The fraction of sp³-hybridized carbons (Fsp3) is 0.733. The molecule has 0 aliphatic rings. The van der Waals surface area contributed by atoms with Crippen molar-refractivity contribution in [3.8, 4) is 0 Å². The first kappa shape index (κ1) is 16.2. The van der Waals surface area contributed by atoms with Gasteiger partial charge in [0, 0.05) is 38.2 Å². The molecule has 4 heteroatoms. The number of rotatable bonds is 10. The maximum absolute atomic E-state index is 5.42. The van der Waals surface area contributed by atoms with Crippen molar-refractivity contribution in [3.63, 3.8) is 0 Å². The quantitative estimate of drug-likeness (QED) is 0.661. The smallest absolute Gasteiger partial charge is 0.0700 e. The lowest BCUT2D eigenvalue weighted by atomic mass is 10.2. The van der Waals surface area contributed by atoms with E-state index in [1.165, 1.54) is 17.0 Å². The lowest BCUT2D eigenvalue weighted by Crippen LogP contribution is -2.17. The minimum atomic E-state index is 0.677. The van der Waals surface area contributed by atoms with Gasteiger partial charge in [0.1, 0.15) is 0 Å². The van der Waals surface area contributed by atoms with Gasteiger partial charge in [0.2, 0.25) is 0 Å². The molecule has 0 bridgehead atoms. The zero-order chi connectivity index (χ0) is 14.1. The average Bonchev–Trinajstić information content (AvgIpc) is 2.67. The molecule has 0 atom stereocenters. The minimum absolute atomic E-state index is 0.677. The molecular weight excluding hydrogens is 240 g/mol. The summed E-state index contributed by atoms with van der Waals surface area (Å²) in [4.78, 5) is 0. The maximum Gasteiger partial charge on any atom is 0.0700 e. The van der Waals surface area contributed by atoms with Crippen LogP contribution in [0.5, 0.6) is 0 Å². The standard InChI is InChI=1S/C15H28N2O2/c1-5-17-13(2)11-15(14(17)3)12-16-7-6-8-19-10-9-18-4/h11,16H,5-10,12H2,1-4H3. The Labute approximate surface area is 117 Å². The summed E-state index contributed by atoms with van der Waals surface area (Å²) in [7, 11) is 1.69.